The van der Waals surface area contributed by atoms with Crippen LogP contribution in [0.1, 0.15) is 52.9 Å². The van der Waals surface area contributed by atoms with Crippen LogP contribution in [0.4, 0.5) is 0 Å². The number of fused-ring (bicyclic) bond motifs is 1. The van der Waals surface area contributed by atoms with Crippen LogP contribution in [0.2, 0.25) is 0 Å². The van der Waals surface area contributed by atoms with Crippen molar-refractivity contribution in [2.45, 2.75) is 52.9 Å². The standard InChI is InChI=1S/C15H24O/c1-10(2)14(16)12-7-9-15(4)8-5-6-11(3)13(12)15/h10,12-13H,3,5-9H2,1-2,4H3/t12-,13+,15+/m1/s1. The number of hydrogen-bond acceptors (Lipinski definition) is 1. The number of hydrogen-bond donors (Lipinski definition) is 0. The van der Waals surface area contributed by atoms with Crippen LogP contribution in [-0.2, 0) is 4.79 Å². The molecule has 2 aliphatic rings. The summed E-state index contributed by atoms with van der Waals surface area (Å²) in [6.45, 7) is 10.7. The summed E-state index contributed by atoms with van der Waals surface area (Å²) < 4.78 is 0. The minimum absolute atomic E-state index is 0.182. The lowest BCUT2D eigenvalue weighted by atomic mass is 9.64. The molecular weight excluding hydrogens is 196 g/mol. The zero-order valence-electron chi connectivity index (χ0n) is 10.9. The summed E-state index contributed by atoms with van der Waals surface area (Å²) in [5, 5.41) is 0. The van der Waals surface area contributed by atoms with E-state index in [2.05, 4.69) is 13.5 Å². The fourth-order valence-corrected chi connectivity index (χ4v) is 3.96. The molecule has 0 aliphatic heterocycles. The van der Waals surface area contributed by atoms with Gasteiger partial charge in [0, 0.05) is 11.8 Å². The molecule has 0 spiro atoms. The van der Waals surface area contributed by atoms with Gasteiger partial charge < -0.3 is 0 Å². The van der Waals surface area contributed by atoms with Crippen molar-refractivity contribution >= 4 is 5.78 Å². The minimum atomic E-state index is 0.182. The molecule has 2 saturated carbocycles. The Bertz CT molecular complexity index is 315. The molecule has 0 amide bonds. The Balaban J connectivity index is 2.24. The van der Waals surface area contributed by atoms with Gasteiger partial charge in [-0.1, -0.05) is 32.9 Å². The van der Waals surface area contributed by atoms with E-state index in [1.54, 1.807) is 0 Å². The van der Waals surface area contributed by atoms with Crippen molar-refractivity contribution in [2.24, 2.45) is 23.2 Å². The lowest BCUT2D eigenvalue weighted by molar-refractivity contribution is -0.127. The maximum atomic E-state index is 12.2. The zero-order chi connectivity index (χ0) is 11.9. The van der Waals surface area contributed by atoms with Crippen molar-refractivity contribution in [3.63, 3.8) is 0 Å². The normalized spacial score (nSPS) is 38.9. The molecule has 2 fully saturated rings. The van der Waals surface area contributed by atoms with Crippen LogP contribution in [-0.4, -0.2) is 5.78 Å². The summed E-state index contributed by atoms with van der Waals surface area (Å²) in [5.41, 5.74) is 1.73. The monoisotopic (exact) mass is 220 g/mol. The Kier molecular flexibility index (Phi) is 2.98. The van der Waals surface area contributed by atoms with E-state index in [1.165, 1.54) is 24.8 Å². The third kappa shape index (κ3) is 1.74. The smallest absolute Gasteiger partial charge is 0.139 e. The first kappa shape index (κ1) is 11.9. The van der Waals surface area contributed by atoms with E-state index in [-0.39, 0.29) is 11.8 Å². The van der Waals surface area contributed by atoms with Crippen molar-refractivity contribution in [1.29, 1.82) is 0 Å². The first-order valence-corrected chi connectivity index (χ1v) is 6.67. The maximum absolute atomic E-state index is 12.2. The van der Waals surface area contributed by atoms with Gasteiger partial charge in [-0.05, 0) is 43.4 Å². The molecule has 90 valence electrons. The largest absolute Gasteiger partial charge is 0.299 e. The Morgan fingerprint density at radius 3 is 2.75 bits per heavy atom. The van der Waals surface area contributed by atoms with Gasteiger partial charge in [0.1, 0.15) is 5.78 Å². The third-order valence-corrected chi connectivity index (χ3v) is 4.80. The SMILES string of the molecule is C=C1CCC[C@@]2(C)CC[C@@H](C(=O)C(C)C)[C@H]12. The second kappa shape index (κ2) is 4.01. The molecule has 0 N–H and O–H groups in total. The lowest BCUT2D eigenvalue weighted by Gasteiger charge is -2.40. The highest BCUT2D eigenvalue weighted by molar-refractivity contribution is 5.84. The van der Waals surface area contributed by atoms with Gasteiger partial charge in [-0.15, -0.1) is 0 Å². The highest BCUT2D eigenvalue weighted by atomic mass is 16.1. The lowest BCUT2D eigenvalue weighted by Crippen LogP contribution is -2.34. The van der Waals surface area contributed by atoms with Crippen LogP contribution < -0.4 is 0 Å². The quantitative estimate of drug-likeness (QED) is 0.643. The van der Waals surface area contributed by atoms with E-state index < -0.39 is 0 Å². The number of carbonyl (C=O) groups excluding carboxylic acids is 1. The van der Waals surface area contributed by atoms with Crippen molar-refractivity contribution in [3.05, 3.63) is 12.2 Å². The van der Waals surface area contributed by atoms with E-state index in [1.807, 2.05) is 13.8 Å². The van der Waals surface area contributed by atoms with Gasteiger partial charge in [0.05, 0.1) is 0 Å². The van der Waals surface area contributed by atoms with Crippen molar-refractivity contribution in [1.82, 2.24) is 0 Å². The van der Waals surface area contributed by atoms with Crippen molar-refractivity contribution in [3.8, 4) is 0 Å². The number of Topliss-reactive ketones (excluding diaryl/α,β-unsaturated/α-hetero) is 1. The van der Waals surface area contributed by atoms with Gasteiger partial charge in [0.25, 0.3) is 0 Å². The molecule has 0 bridgehead atoms. The maximum Gasteiger partial charge on any atom is 0.139 e. The second-order valence-electron chi connectivity index (χ2n) is 6.35. The van der Waals surface area contributed by atoms with E-state index in [9.17, 15) is 4.79 Å². The highest BCUT2D eigenvalue weighted by Gasteiger charge is 2.50. The topological polar surface area (TPSA) is 17.1 Å². The van der Waals surface area contributed by atoms with Crippen molar-refractivity contribution in [2.75, 3.05) is 0 Å². The summed E-state index contributed by atoms with van der Waals surface area (Å²) in [4.78, 5) is 12.2. The molecule has 0 aromatic rings. The van der Waals surface area contributed by atoms with E-state index >= 15 is 0 Å². The van der Waals surface area contributed by atoms with E-state index in [4.69, 9.17) is 0 Å². The van der Waals surface area contributed by atoms with Crippen LogP contribution in [0.3, 0.4) is 0 Å². The van der Waals surface area contributed by atoms with E-state index in [0.717, 1.165) is 12.8 Å². The molecule has 0 aromatic heterocycles. The molecular formula is C15H24O. The molecule has 3 atom stereocenters. The summed E-state index contributed by atoms with van der Waals surface area (Å²) in [5.74, 6) is 1.41. The molecule has 0 aromatic carbocycles. The molecule has 0 saturated heterocycles. The molecule has 2 rings (SSSR count). The van der Waals surface area contributed by atoms with Crippen LogP contribution in [0.15, 0.2) is 12.2 Å². The Hall–Kier alpha value is -0.590. The highest BCUT2D eigenvalue weighted by Crippen LogP contribution is 2.56. The fraction of sp³-hybridized carbons (Fsp3) is 0.800. The molecule has 2 aliphatic carbocycles. The molecule has 1 nitrogen and oxygen atoms in total. The van der Waals surface area contributed by atoms with Gasteiger partial charge in [-0.3, -0.25) is 4.79 Å². The number of allylic oxidation sites excluding steroid dienone is 1. The predicted octanol–water partition coefficient (Wildman–Crippen LogP) is 3.98. The molecule has 0 heterocycles. The van der Waals surface area contributed by atoms with Gasteiger partial charge >= 0.3 is 0 Å². The van der Waals surface area contributed by atoms with Crippen LogP contribution in [0, 0.1) is 23.2 Å². The molecule has 0 unspecified atom stereocenters. The fourth-order valence-electron chi connectivity index (χ4n) is 3.96. The number of ketones is 1. The average Bonchev–Trinajstić information content (AvgIpc) is 2.55. The molecule has 1 heteroatoms. The Morgan fingerprint density at radius 2 is 2.12 bits per heavy atom. The number of rotatable bonds is 2. The van der Waals surface area contributed by atoms with Crippen LogP contribution >= 0.6 is 0 Å². The predicted molar refractivity (Wildman–Crippen MR) is 67.2 cm³/mol. The average molecular weight is 220 g/mol. The third-order valence-electron chi connectivity index (χ3n) is 4.80. The summed E-state index contributed by atoms with van der Waals surface area (Å²) in [7, 11) is 0. The molecule has 16 heavy (non-hydrogen) atoms. The summed E-state index contributed by atoms with van der Waals surface area (Å²) in [6.07, 6.45) is 6.02. The minimum Gasteiger partial charge on any atom is -0.299 e. The second-order valence-corrected chi connectivity index (χ2v) is 6.35. The zero-order valence-corrected chi connectivity index (χ0v) is 10.9. The van der Waals surface area contributed by atoms with E-state index in [0.29, 0.717) is 17.1 Å². The summed E-state index contributed by atoms with van der Waals surface area (Å²) in [6, 6.07) is 0. The summed E-state index contributed by atoms with van der Waals surface area (Å²) >= 11 is 0. The van der Waals surface area contributed by atoms with Gasteiger partial charge in [-0.25, -0.2) is 0 Å². The van der Waals surface area contributed by atoms with Crippen LogP contribution in [0.25, 0.3) is 0 Å². The molecule has 0 radical (unpaired) electrons. The van der Waals surface area contributed by atoms with Crippen LogP contribution in [0.5, 0.6) is 0 Å². The van der Waals surface area contributed by atoms with Gasteiger partial charge in [0.15, 0.2) is 0 Å². The first-order valence-electron chi connectivity index (χ1n) is 6.67. The first-order chi connectivity index (χ1) is 7.46. The number of carbonyl (C=O) groups is 1. The van der Waals surface area contributed by atoms with Gasteiger partial charge in [-0.2, -0.15) is 0 Å². The Morgan fingerprint density at radius 1 is 1.44 bits per heavy atom. The van der Waals surface area contributed by atoms with Crippen molar-refractivity contribution < 1.29 is 4.79 Å². The Labute approximate surface area is 99.3 Å². The van der Waals surface area contributed by atoms with Gasteiger partial charge in [0.2, 0.25) is 0 Å².